The Labute approximate surface area is 219 Å². The first kappa shape index (κ1) is 27.5. The summed E-state index contributed by atoms with van der Waals surface area (Å²) >= 11 is 0. The SMILES string of the molecule is COC(=O)[C@H]1CC[C@H](N(Cc2ccccc2)C(=O)N2CCC(c3ccc(C(=N)N)cc3)CC2)CC1.Cl. The summed E-state index contributed by atoms with van der Waals surface area (Å²) in [6, 6.07) is 18.3. The minimum Gasteiger partial charge on any atom is -0.469 e. The normalized spacial score (nSPS) is 20.2. The van der Waals surface area contributed by atoms with Crippen molar-refractivity contribution in [3.8, 4) is 0 Å². The minimum absolute atomic E-state index is 0. The molecule has 0 spiro atoms. The number of urea groups is 1. The van der Waals surface area contributed by atoms with Crippen molar-refractivity contribution in [2.24, 2.45) is 11.7 Å². The Hall–Kier alpha value is -3.06. The maximum Gasteiger partial charge on any atom is 0.320 e. The molecule has 1 heterocycles. The number of nitrogens with one attached hydrogen (secondary N) is 1. The maximum atomic E-state index is 13.8. The van der Waals surface area contributed by atoms with Gasteiger partial charge >= 0.3 is 12.0 Å². The lowest BCUT2D eigenvalue weighted by molar-refractivity contribution is -0.146. The molecule has 1 saturated heterocycles. The zero-order valence-electron chi connectivity index (χ0n) is 20.9. The summed E-state index contributed by atoms with van der Waals surface area (Å²) in [5.41, 5.74) is 8.68. The van der Waals surface area contributed by atoms with Gasteiger partial charge in [0.15, 0.2) is 0 Å². The predicted molar refractivity (Wildman–Crippen MR) is 143 cm³/mol. The number of hydrogen-bond acceptors (Lipinski definition) is 4. The van der Waals surface area contributed by atoms with Gasteiger partial charge in [-0.1, -0.05) is 54.6 Å². The van der Waals surface area contributed by atoms with Crippen molar-refractivity contribution in [1.29, 1.82) is 5.41 Å². The fourth-order valence-corrected chi connectivity index (χ4v) is 5.44. The quantitative estimate of drug-likeness (QED) is 0.326. The fraction of sp³-hybridized carbons (Fsp3) is 0.464. The van der Waals surface area contributed by atoms with Gasteiger partial charge in [0.05, 0.1) is 13.0 Å². The van der Waals surface area contributed by atoms with Crippen molar-refractivity contribution in [3.05, 3.63) is 71.3 Å². The van der Waals surface area contributed by atoms with Crippen LogP contribution in [0.2, 0.25) is 0 Å². The predicted octanol–water partition coefficient (Wildman–Crippen LogP) is 4.93. The van der Waals surface area contributed by atoms with Crippen molar-refractivity contribution < 1.29 is 14.3 Å². The second-order valence-electron chi connectivity index (χ2n) is 9.72. The average molecular weight is 513 g/mol. The summed E-state index contributed by atoms with van der Waals surface area (Å²) in [6.45, 7) is 2.03. The number of benzene rings is 2. The first-order chi connectivity index (χ1) is 17.0. The van der Waals surface area contributed by atoms with E-state index in [-0.39, 0.29) is 42.2 Å². The summed E-state index contributed by atoms with van der Waals surface area (Å²) in [6.07, 6.45) is 4.98. The van der Waals surface area contributed by atoms with Crippen LogP contribution in [0.5, 0.6) is 0 Å². The Morgan fingerprint density at radius 1 is 0.972 bits per heavy atom. The Balaban J connectivity index is 0.00000361. The van der Waals surface area contributed by atoms with Gasteiger partial charge < -0.3 is 20.3 Å². The highest BCUT2D eigenvalue weighted by molar-refractivity contribution is 5.94. The Morgan fingerprint density at radius 3 is 2.14 bits per heavy atom. The number of carbonyl (C=O) groups is 2. The number of methoxy groups -OCH3 is 1. The van der Waals surface area contributed by atoms with Gasteiger partial charge in [0.1, 0.15) is 5.84 Å². The number of nitrogens with zero attached hydrogens (tertiary/aromatic N) is 2. The molecule has 3 N–H and O–H groups in total. The Kier molecular flexibility index (Phi) is 9.76. The molecular weight excluding hydrogens is 476 g/mol. The number of piperidine rings is 1. The number of nitrogens with two attached hydrogens (primary N) is 1. The number of carbonyl (C=O) groups excluding carboxylic acids is 2. The second-order valence-corrected chi connectivity index (χ2v) is 9.72. The van der Waals surface area contributed by atoms with Gasteiger partial charge in [0, 0.05) is 31.2 Å². The van der Waals surface area contributed by atoms with Crippen LogP contribution < -0.4 is 5.73 Å². The van der Waals surface area contributed by atoms with Crippen molar-refractivity contribution in [2.75, 3.05) is 20.2 Å². The Morgan fingerprint density at radius 2 is 1.58 bits per heavy atom. The molecule has 2 amide bonds. The molecule has 2 aromatic rings. The van der Waals surface area contributed by atoms with E-state index in [0.29, 0.717) is 12.5 Å². The summed E-state index contributed by atoms with van der Waals surface area (Å²) < 4.78 is 4.94. The maximum absolute atomic E-state index is 13.8. The zero-order chi connectivity index (χ0) is 24.8. The van der Waals surface area contributed by atoms with Gasteiger partial charge in [-0.3, -0.25) is 10.2 Å². The molecule has 4 rings (SSSR count). The lowest BCUT2D eigenvalue weighted by Crippen LogP contribution is -2.51. The van der Waals surface area contributed by atoms with Gasteiger partial charge in [-0.25, -0.2) is 4.79 Å². The number of hydrogen-bond donors (Lipinski definition) is 2. The number of halogens is 1. The van der Waals surface area contributed by atoms with Crippen LogP contribution in [-0.4, -0.2) is 53.9 Å². The van der Waals surface area contributed by atoms with E-state index in [1.54, 1.807) is 0 Å². The number of rotatable bonds is 6. The molecule has 8 heteroatoms. The van der Waals surface area contributed by atoms with Crippen LogP contribution in [-0.2, 0) is 16.1 Å². The van der Waals surface area contributed by atoms with Gasteiger partial charge in [0.2, 0.25) is 0 Å². The highest BCUT2D eigenvalue weighted by Gasteiger charge is 2.35. The highest BCUT2D eigenvalue weighted by atomic mass is 35.5. The van der Waals surface area contributed by atoms with E-state index in [0.717, 1.165) is 62.7 Å². The molecule has 2 aliphatic rings. The molecule has 1 aliphatic heterocycles. The van der Waals surface area contributed by atoms with E-state index in [9.17, 15) is 9.59 Å². The molecule has 1 aliphatic carbocycles. The number of ether oxygens (including phenoxy) is 1. The van der Waals surface area contributed by atoms with Crippen LogP contribution >= 0.6 is 12.4 Å². The molecule has 2 fully saturated rings. The third-order valence-corrected chi connectivity index (χ3v) is 7.57. The van der Waals surface area contributed by atoms with Crippen molar-refractivity contribution in [3.63, 3.8) is 0 Å². The summed E-state index contributed by atoms with van der Waals surface area (Å²) in [5.74, 6) is 0.284. The summed E-state index contributed by atoms with van der Waals surface area (Å²) in [4.78, 5) is 29.8. The molecule has 1 saturated carbocycles. The molecule has 7 nitrogen and oxygen atoms in total. The van der Waals surface area contributed by atoms with Crippen LogP contribution in [0.15, 0.2) is 54.6 Å². The molecule has 194 valence electrons. The average Bonchev–Trinajstić information content (AvgIpc) is 2.92. The van der Waals surface area contributed by atoms with Gasteiger partial charge in [-0.15, -0.1) is 12.4 Å². The first-order valence-electron chi connectivity index (χ1n) is 12.6. The monoisotopic (exact) mass is 512 g/mol. The van der Waals surface area contributed by atoms with Gasteiger partial charge in [0.25, 0.3) is 0 Å². The molecule has 0 aromatic heterocycles. The summed E-state index contributed by atoms with van der Waals surface area (Å²) in [5, 5.41) is 7.58. The van der Waals surface area contributed by atoms with Crippen molar-refractivity contribution >= 4 is 30.2 Å². The van der Waals surface area contributed by atoms with E-state index >= 15 is 0 Å². The summed E-state index contributed by atoms with van der Waals surface area (Å²) in [7, 11) is 1.45. The fourth-order valence-electron chi connectivity index (χ4n) is 5.44. The molecule has 2 aromatic carbocycles. The highest BCUT2D eigenvalue weighted by Crippen LogP contribution is 2.32. The number of esters is 1. The van der Waals surface area contributed by atoms with Gasteiger partial charge in [-0.2, -0.15) is 0 Å². The van der Waals surface area contributed by atoms with E-state index in [1.807, 2.05) is 40.1 Å². The third kappa shape index (κ3) is 6.58. The van der Waals surface area contributed by atoms with Crippen LogP contribution in [0.1, 0.15) is 61.1 Å². The lowest BCUT2D eigenvalue weighted by Gasteiger charge is -2.41. The van der Waals surface area contributed by atoms with E-state index < -0.39 is 0 Å². The van der Waals surface area contributed by atoms with Gasteiger partial charge in [-0.05, 0) is 55.6 Å². The van der Waals surface area contributed by atoms with Crippen LogP contribution in [0.25, 0.3) is 0 Å². The van der Waals surface area contributed by atoms with Crippen molar-refractivity contribution in [1.82, 2.24) is 9.80 Å². The smallest absolute Gasteiger partial charge is 0.320 e. The third-order valence-electron chi connectivity index (χ3n) is 7.57. The molecule has 0 atom stereocenters. The first-order valence-corrected chi connectivity index (χ1v) is 12.6. The molecule has 0 bridgehead atoms. The van der Waals surface area contributed by atoms with Crippen LogP contribution in [0, 0.1) is 11.3 Å². The topological polar surface area (TPSA) is 99.7 Å². The lowest BCUT2D eigenvalue weighted by atomic mass is 9.85. The Bertz CT molecular complexity index is 1010. The largest absolute Gasteiger partial charge is 0.469 e. The second kappa shape index (κ2) is 12.8. The zero-order valence-corrected chi connectivity index (χ0v) is 21.7. The van der Waals surface area contributed by atoms with Crippen molar-refractivity contribution in [2.45, 2.75) is 57.0 Å². The number of amidine groups is 1. The standard InChI is InChI=1S/C28H36N4O3.ClH/c1-35-27(33)24-11-13-25(14-12-24)32(19-20-5-3-2-4-6-20)28(34)31-17-15-22(16-18-31)21-7-9-23(10-8-21)26(29)30;/h2-10,22,24-25H,11-19H2,1H3,(H3,29,30);1H/t24-,25-;. The number of likely N-dealkylation sites (tertiary alicyclic amines) is 1. The minimum atomic E-state index is -0.136. The van der Waals surface area contributed by atoms with Crippen LogP contribution in [0.4, 0.5) is 4.79 Å². The molecule has 0 unspecified atom stereocenters. The van der Waals surface area contributed by atoms with E-state index in [2.05, 4.69) is 24.3 Å². The van der Waals surface area contributed by atoms with Crippen LogP contribution in [0.3, 0.4) is 0 Å². The van der Waals surface area contributed by atoms with E-state index in [4.69, 9.17) is 15.9 Å². The van der Waals surface area contributed by atoms with E-state index in [1.165, 1.54) is 12.7 Å². The molecule has 0 radical (unpaired) electrons. The number of nitrogen functional groups attached to an aromatic ring is 1. The molecular formula is C28H37ClN4O3. The number of amides is 2. The molecule has 36 heavy (non-hydrogen) atoms.